The topological polar surface area (TPSA) is 47.2 Å². The van der Waals surface area contributed by atoms with Gasteiger partial charge >= 0.3 is 0 Å². The number of ketones is 1. The van der Waals surface area contributed by atoms with Crippen LogP contribution in [0.3, 0.4) is 0 Å². The van der Waals surface area contributed by atoms with Crippen LogP contribution in [-0.4, -0.2) is 21.3 Å². The number of hydrogen-bond donors (Lipinski definition) is 0. The molecule has 0 saturated heterocycles. The van der Waals surface area contributed by atoms with Crippen molar-refractivity contribution in [3.05, 3.63) is 76.0 Å². The average Bonchev–Trinajstić information content (AvgIpc) is 3.18. The first-order chi connectivity index (χ1) is 17.6. The Morgan fingerprint density at radius 3 is 2.13 bits per heavy atom. The summed E-state index contributed by atoms with van der Waals surface area (Å²) in [4.78, 5) is 19.2. The SMILES string of the molecule is Cc1cccc(-n2nc(C(C)(C)C)c3c2N=C2CC(C)(C)CC(=O)C2C3c2ccc(C(C)(C)C)cc2)c1C. The predicted octanol–water partition coefficient (Wildman–Crippen LogP) is 8.31. The molecule has 2 unspecified atom stereocenters. The molecule has 1 aliphatic carbocycles. The van der Waals surface area contributed by atoms with E-state index in [1.807, 2.05) is 0 Å². The van der Waals surface area contributed by atoms with Crippen LogP contribution >= 0.6 is 0 Å². The van der Waals surface area contributed by atoms with E-state index in [0.717, 1.165) is 34.9 Å². The normalized spacial score (nSPS) is 21.1. The highest BCUT2D eigenvalue weighted by atomic mass is 16.1. The van der Waals surface area contributed by atoms with E-state index in [9.17, 15) is 4.79 Å². The maximum atomic E-state index is 13.9. The number of carbonyl (C=O) groups excluding carboxylic acids is 1. The predicted molar refractivity (Wildman–Crippen MR) is 157 cm³/mol. The molecule has 38 heavy (non-hydrogen) atoms. The van der Waals surface area contributed by atoms with Gasteiger partial charge in [-0.1, -0.05) is 91.8 Å². The zero-order valence-corrected chi connectivity index (χ0v) is 24.9. The molecule has 0 amide bonds. The van der Waals surface area contributed by atoms with Crippen molar-refractivity contribution in [2.75, 3.05) is 0 Å². The molecule has 3 aromatic rings. The molecule has 5 rings (SSSR count). The van der Waals surface area contributed by atoms with Gasteiger partial charge in [0, 0.05) is 29.0 Å². The maximum absolute atomic E-state index is 13.9. The van der Waals surface area contributed by atoms with Crippen molar-refractivity contribution in [2.45, 2.75) is 98.8 Å². The lowest BCUT2D eigenvalue weighted by Gasteiger charge is -2.41. The third-order valence-electron chi connectivity index (χ3n) is 8.46. The minimum Gasteiger partial charge on any atom is -0.299 e. The highest BCUT2D eigenvalue weighted by Gasteiger charge is 2.48. The largest absolute Gasteiger partial charge is 0.299 e. The number of carbonyl (C=O) groups is 1. The van der Waals surface area contributed by atoms with Crippen LogP contribution in [-0.2, 0) is 15.6 Å². The first-order valence-corrected chi connectivity index (χ1v) is 14.0. The standard InChI is InChI=1S/C34H43N3O/c1-20-12-11-13-25(21(20)2)37-31-29(30(36-37)33(6,7)8)27(22-14-16-23(17-15-22)32(3,4)5)28-24(35-31)18-34(9,10)19-26(28)38/h11-17,27-28H,18-19H2,1-10H3. The molecule has 0 radical (unpaired) electrons. The molecule has 2 atom stereocenters. The summed E-state index contributed by atoms with van der Waals surface area (Å²) >= 11 is 0. The second kappa shape index (κ2) is 8.76. The first kappa shape index (κ1) is 26.6. The summed E-state index contributed by atoms with van der Waals surface area (Å²) in [6.07, 6.45) is 1.40. The van der Waals surface area contributed by atoms with E-state index >= 15 is 0 Å². The van der Waals surface area contributed by atoms with Crippen molar-refractivity contribution in [1.29, 1.82) is 0 Å². The van der Waals surface area contributed by atoms with Gasteiger partial charge in [0.1, 0.15) is 5.78 Å². The van der Waals surface area contributed by atoms with Crippen LogP contribution in [0.2, 0.25) is 0 Å². The zero-order valence-electron chi connectivity index (χ0n) is 24.9. The van der Waals surface area contributed by atoms with Crippen LogP contribution < -0.4 is 0 Å². The Hall–Kier alpha value is -3.01. The Morgan fingerprint density at radius 2 is 1.53 bits per heavy atom. The fourth-order valence-electron chi connectivity index (χ4n) is 6.27. The Bertz CT molecular complexity index is 1440. The Morgan fingerprint density at radius 1 is 0.868 bits per heavy atom. The van der Waals surface area contributed by atoms with Gasteiger partial charge in [0.2, 0.25) is 0 Å². The molecular formula is C34H43N3O. The minimum absolute atomic E-state index is 0.0672. The van der Waals surface area contributed by atoms with Crippen molar-refractivity contribution in [1.82, 2.24) is 9.78 Å². The molecule has 200 valence electrons. The number of rotatable bonds is 2. The van der Waals surface area contributed by atoms with Crippen molar-refractivity contribution in [3.8, 4) is 5.69 Å². The van der Waals surface area contributed by atoms with E-state index < -0.39 is 0 Å². The van der Waals surface area contributed by atoms with Crippen LogP contribution in [0.5, 0.6) is 0 Å². The fraction of sp³-hybridized carbons (Fsp3) is 0.500. The molecule has 0 bridgehead atoms. The molecule has 2 aliphatic rings. The summed E-state index contributed by atoms with van der Waals surface area (Å²) in [6.45, 7) is 22.0. The molecule has 1 fully saturated rings. The second-order valence-electron chi connectivity index (χ2n) is 14.4. The molecule has 2 heterocycles. The van der Waals surface area contributed by atoms with Gasteiger partial charge in [0.25, 0.3) is 0 Å². The first-order valence-electron chi connectivity index (χ1n) is 14.0. The summed E-state index contributed by atoms with van der Waals surface area (Å²) in [5, 5.41) is 5.29. The van der Waals surface area contributed by atoms with Crippen molar-refractivity contribution in [3.63, 3.8) is 0 Å². The van der Waals surface area contributed by atoms with Gasteiger partial charge in [-0.15, -0.1) is 0 Å². The van der Waals surface area contributed by atoms with Crippen LogP contribution in [0.15, 0.2) is 47.5 Å². The van der Waals surface area contributed by atoms with Crippen LogP contribution in [0, 0.1) is 25.2 Å². The van der Waals surface area contributed by atoms with Gasteiger partial charge < -0.3 is 0 Å². The lowest BCUT2D eigenvalue weighted by atomic mass is 9.63. The van der Waals surface area contributed by atoms with E-state index in [-0.39, 0.29) is 28.1 Å². The summed E-state index contributed by atoms with van der Waals surface area (Å²) in [6, 6.07) is 15.3. The lowest BCUT2D eigenvalue weighted by molar-refractivity contribution is -0.124. The number of Topliss-reactive ketones (excluding diaryl/α,β-unsaturated/α-hetero) is 1. The summed E-state index contributed by atoms with van der Waals surface area (Å²) in [5.74, 6) is 0.858. The molecule has 4 nitrogen and oxygen atoms in total. The zero-order chi connectivity index (χ0) is 27.8. The number of fused-ring (bicyclic) bond motifs is 2. The average molecular weight is 510 g/mol. The molecule has 1 aromatic heterocycles. The van der Waals surface area contributed by atoms with Crippen LogP contribution in [0.4, 0.5) is 5.82 Å². The third kappa shape index (κ3) is 4.46. The van der Waals surface area contributed by atoms with E-state index in [2.05, 4.69) is 116 Å². The molecule has 4 heteroatoms. The molecule has 1 saturated carbocycles. The number of benzene rings is 2. The third-order valence-corrected chi connectivity index (χ3v) is 8.46. The number of nitrogens with zero attached hydrogens (tertiary/aromatic N) is 3. The van der Waals surface area contributed by atoms with Crippen LogP contribution in [0.1, 0.15) is 108 Å². The monoisotopic (exact) mass is 509 g/mol. The minimum atomic E-state index is -0.242. The molecular weight excluding hydrogens is 466 g/mol. The number of hydrogen-bond acceptors (Lipinski definition) is 3. The van der Waals surface area contributed by atoms with Gasteiger partial charge in [-0.3, -0.25) is 4.79 Å². The molecule has 1 aliphatic heterocycles. The van der Waals surface area contributed by atoms with Gasteiger partial charge in [-0.2, -0.15) is 5.10 Å². The second-order valence-corrected chi connectivity index (χ2v) is 14.4. The highest BCUT2D eigenvalue weighted by molar-refractivity contribution is 6.11. The van der Waals surface area contributed by atoms with Crippen molar-refractivity contribution < 1.29 is 4.79 Å². The summed E-state index contributed by atoms with van der Waals surface area (Å²) in [5.41, 5.74) is 8.88. The van der Waals surface area contributed by atoms with E-state index in [4.69, 9.17) is 10.1 Å². The molecule has 0 spiro atoms. The lowest BCUT2D eigenvalue weighted by Crippen LogP contribution is -2.42. The quantitative estimate of drug-likeness (QED) is 0.349. The Labute approximate surface area is 228 Å². The Kier molecular flexibility index (Phi) is 6.13. The smallest absolute Gasteiger partial charge is 0.159 e. The van der Waals surface area contributed by atoms with E-state index in [0.29, 0.717) is 12.2 Å². The highest BCUT2D eigenvalue weighted by Crippen LogP contribution is 2.52. The van der Waals surface area contributed by atoms with Gasteiger partial charge in [-0.05, 0) is 59.4 Å². The number of aliphatic imine (C=N–C) groups is 1. The van der Waals surface area contributed by atoms with E-state index in [1.54, 1.807) is 0 Å². The van der Waals surface area contributed by atoms with Gasteiger partial charge in [-0.25, -0.2) is 9.67 Å². The van der Waals surface area contributed by atoms with E-state index in [1.165, 1.54) is 22.3 Å². The molecule has 2 aromatic carbocycles. The fourth-order valence-corrected chi connectivity index (χ4v) is 6.27. The van der Waals surface area contributed by atoms with Gasteiger partial charge in [0.05, 0.1) is 17.3 Å². The van der Waals surface area contributed by atoms with Crippen LogP contribution in [0.25, 0.3) is 5.69 Å². The van der Waals surface area contributed by atoms with Gasteiger partial charge in [0.15, 0.2) is 5.82 Å². The summed E-state index contributed by atoms with van der Waals surface area (Å²) in [7, 11) is 0. The molecule has 0 N–H and O–H groups in total. The van der Waals surface area contributed by atoms with Crippen molar-refractivity contribution >= 4 is 17.3 Å². The van der Waals surface area contributed by atoms with Crippen molar-refractivity contribution in [2.24, 2.45) is 16.3 Å². The Balaban J connectivity index is 1.83. The number of aromatic nitrogens is 2. The number of aryl methyl sites for hydroxylation is 1. The summed E-state index contributed by atoms with van der Waals surface area (Å²) < 4.78 is 2.06. The maximum Gasteiger partial charge on any atom is 0.159 e.